The predicted molar refractivity (Wildman–Crippen MR) is 83.7 cm³/mol. The highest BCUT2D eigenvalue weighted by atomic mass is 16.2. The molecule has 4 heteroatoms. The molecule has 1 heterocycles. The van der Waals surface area contributed by atoms with Crippen molar-refractivity contribution >= 4 is 17.3 Å². The van der Waals surface area contributed by atoms with Crippen molar-refractivity contribution in [3.8, 4) is 0 Å². The number of hydrogen-bond acceptors (Lipinski definition) is 3. The summed E-state index contributed by atoms with van der Waals surface area (Å²) >= 11 is 0. The summed E-state index contributed by atoms with van der Waals surface area (Å²) in [5.74, 6) is 0.787. The molecule has 1 aromatic rings. The number of rotatable bonds is 4. The van der Waals surface area contributed by atoms with Crippen molar-refractivity contribution in [3.63, 3.8) is 0 Å². The first-order valence-corrected chi connectivity index (χ1v) is 7.43. The molecular weight excluding hydrogens is 250 g/mol. The van der Waals surface area contributed by atoms with Gasteiger partial charge in [-0.3, -0.25) is 9.69 Å². The molecule has 0 aromatic heterocycles. The first-order chi connectivity index (χ1) is 9.52. The molecule has 110 valence electrons. The van der Waals surface area contributed by atoms with Gasteiger partial charge < -0.3 is 11.1 Å². The second kappa shape index (κ2) is 6.27. The number of amides is 1. The molecule has 0 bridgehead atoms. The maximum absolute atomic E-state index is 12.4. The zero-order valence-corrected chi connectivity index (χ0v) is 12.6. The SMILES string of the molecule is CCC1CCN(C(C)C(=O)Nc2cccc(N)c2C)C1. The monoisotopic (exact) mass is 275 g/mol. The van der Waals surface area contributed by atoms with Crippen LogP contribution in [0.3, 0.4) is 0 Å². The lowest BCUT2D eigenvalue weighted by Crippen LogP contribution is -2.40. The second-order valence-electron chi connectivity index (χ2n) is 5.74. The largest absolute Gasteiger partial charge is 0.398 e. The summed E-state index contributed by atoms with van der Waals surface area (Å²) in [6.07, 6.45) is 2.39. The number of nitrogens with two attached hydrogens (primary N) is 1. The minimum Gasteiger partial charge on any atom is -0.398 e. The van der Waals surface area contributed by atoms with Crippen LogP contribution >= 0.6 is 0 Å². The van der Waals surface area contributed by atoms with Crippen LogP contribution < -0.4 is 11.1 Å². The number of nitrogen functional groups attached to an aromatic ring is 1. The van der Waals surface area contributed by atoms with E-state index in [0.29, 0.717) is 5.69 Å². The zero-order valence-electron chi connectivity index (χ0n) is 12.6. The smallest absolute Gasteiger partial charge is 0.241 e. The predicted octanol–water partition coefficient (Wildman–Crippen LogP) is 2.64. The molecule has 1 fully saturated rings. The Balaban J connectivity index is 1.99. The van der Waals surface area contributed by atoms with Crippen LogP contribution in [-0.2, 0) is 4.79 Å². The van der Waals surface area contributed by atoms with Gasteiger partial charge in [0.25, 0.3) is 0 Å². The van der Waals surface area contributed by atoms with Crippen molar-refractivity contribution in [1.29, 1.82) is 0 Å². The fraction of sp³-hybridized carbons (Fsp3) is 0.562. The van der Waals surface area contributed by atoms with E-state index in [1.807, 2.05) is 32.0 Å². The molecule has 1 aromatic carbocycles. The molecular formula is C16H25N3O. The van der Waals surface area contributed by atoms with E-state index in [1.54, 1.807) is 0 Å². The van der Waals surface area contributed by atoms with Crippen molar-refractivity contribution < 1.29 is 4.79 Å². The van der Waals surface area contributed by atoms with Crippen LogP contribution in [-0.4, -0.2) is 29.9 Å². The van der Waals surface area contributed by atoms with Crippen LogP contribution in [0, 0.1) is 12.8 Å². The Morgan fingerprint density at radius 1 is 1.55 bits per heavy atom. The number of hydrogen-bond donors (Lipinski definition) is 2. The van der Waals surface area contributed by atoms with Gasteiger partial charge in [0.15, 0.2) is 0 Å². The molecule has 2 unspecified atom stereocenters. The molecule has 3 N–H and O–H groups in total. The van der Waals surface area contributed by atoms with Gasteiger partial charge in [0.05, 0.1) is 6.04 Å². The highest BCUT2D eigenvalue weighted by Crippen LogP contribution is 2.23. The zero-order chi connectivity index (χ0) is 14.7. The summed E-state index contributed by atoms with van der Waals surface area (Å²) in [7, 11) is 0. The summed E-state index contributed by atoms with van der Waals surface area (Å²) in [5.41, 5.74) is 8.32. The van der Waals surface area contributed by atoms with Crippen molar-refractivity contribution in [2.45, 2.75) is 39.7 Å². The Bertz CT molecular complexity index is 487. The molecule has 1 saturated heterocycles. The van der Waals surface area contributed by atoms with Crippen LogP contribution in [0.1, 0.15) is 32.3 Å². The van der Waals surface area contributed by atoms with Crippen LogP contribution in [0.25, 0.3) is 0 Å². The van der Waals surface area contributed by atoms with E-state index in [2.05, 4.69) is 17.1 Å². The molecule has 0 saturated carbocycles. The van der Waals surface area contributed by atoms with E-state index >= 15 is 0 Å². The second-order valence-corrected chi connectivity index (χ2v) is 5.74. The number of carbonyl (C=O) groups excluding carboxylic acids is 1. The Morgan fingerprint density at radius 2 is 2.30 bits per heavy atom. The molecule has 1 aliphatic rings. The van der Waals surface area contributed by atoms with Gasteiger partial charge in [-0.2, -0.15) is 0 Å². The fourth-order valence-corrected chi connectivity index (χ4v) is 2.74. The highest BCUT2D eigenvalue weighted by molar-refractivity contribution is 5.95. The molecule has 1 amide bonds. The Kier molecular flexibility index (Phi) is 4.65. The quantitative estimate of drug-likeness (QED) is 0.831. The van der Waals surface area contributed by atoms with Gasteiger partial charge in [-0.15, -0.1) is 0 Å². The van der Waals surface area contributed by atoms with E-state index in [1.165, 1.54) is 12.8 Å². The topological polar surface area (TPSA) is 58.4 Å². The standard InChI is InChI=1S/C16H25N3O/c1-4-13-8-9-19(10-13)12(3)16(20)18-15-7-5-6-14(17)11(15)2/h5-7,12-13H,4,8-10,17H2,1-3H3,(H,18,20). The van der Waals surface area contributed by atoms with E-state index in [0.717, 1.165) is 30.3 Å². The maximum atomic E-state index is 12.4. The molecule has 0 radical (unpaired) electrons. The summed E-state index contributed by atoms with van der Waals surface area (Å²) in [4.78, 5) is 14.6. The minimum absolute atomic E-state index is 0.0513. The summed E-state index contributed by atoms with van der Waals surface area (Å²) in [6, 6.07) is 5.52. The molecule has 4 nitrogen and oxygen atoms in total. The van der Waals surface area contributed by atoms with E-state index < -0.39 is 0 Å². The summed E-state index contributed by atoms with van der Waals surface area (Å²) in [6.45, 7) is 8.17. The summed E-state index contributed by atoms with van der Waals surface area (Å²) in [5, 5.41) is 3.00. The number of benzene rings is 1. The lowest BCUT2D eigenvalue weighted by molar-refractivity contribution is -0.120. The lowest BCUT2D eigenvalue weighted by atomic mass is 10.1. The number of anilines is 2. The van der Waals surface area contributed by atoms with E-state index in [-0.39, 0.29) is 11.9 Å². The number of nitrogens with one attached hydrogen (secondary N) is 1. The van der Waals surface area contributed by atoms with Crippen LogP contribution in [0.5, 0.6) is 0 Å². The maximum Gasteiger partial charge on any atom is 0.241 e. The van der Waals surface area contributed by atoms with Gasteiger partial charge in [0.2, 0.25) is 5.91 Å². The summed E-state index contributed by atoms with van der Waals surface area (Å²) < 4.78 is 0. The Morgan fingerprint density at radius 3 is 2.95 bits per heavy atom. The molecule has 20 heavy (non-hydrogen) atoms. The van der Waals surface area contributed by atoms with Crippen LogP contribution in [0.2, 0.25) is 0 Å². The average molecular weight is 275 g/mol. The van der Waals surface area contributed by atoms with Crippen LogP contribution in [0.15, 0.2) is 18.2 Å². The van der Waals surface area contributed by atoms with Crippen molar-refractivity contribution in [2.24, 2.45) is 5.92 Å². The molecule has 1 aliphatic heterocycles. The van der Waals surface area contributed by atoms with Gasteiger partial charge in [0, 0.05) is 17.9 Å². The third kappa shape index (κ3) is 3.12. The first kappa shape index (κ1) is 14.9. The van der Waals surface area contributed by atoms with E-state index in [9.17, 15) is 4.79 Å². The third-order valence-corrected chi connectivity index (χ3v) is 4.46. The van der Waals surface area contributed by atoms with Crippen LogP contribution in [0.4, 0.5) is 11.4 Å². The molecule has 2 atom stereocenters. The number of likely N-dealkylation sites (tertiary alicyclic amines) is 1. The molecule has 0 spiro atoms. The van der Waals surface area contributed by atoms with Crippen molar-refractivity contribution in [1.82, 2.24) is 4.90 Å². The van der Waals surface area contributed by atoms with Gasteiger partial charge >= 0.3 is 0 Å². The van der Waals surface area contributed by atoms with Gasteiger partial charge in [-0.05, 0) is 50.4 Å². The average Bonchev–Trinajstić information content (AvgIpc) is 2.91. The van der Waals surface area contributed by atoms with Crippen molar-refractivity contribution in [3.05, 3.63) is 23.8 Å². The van der Waals surface area contributed by atoms with Gasteiger partial charge in [-0.1, -0.05) is 19.4 Å². The minimum atomic E-state index is -0.0904. The fourth-order valence-electron chi connectivity index (χ4n) is 2.74. The molecule has 0 aliphatic carbocycles. The Hall–Kier alpha value is -1.55. The van der Waals surface area contributed by atoms with Gasteiger partial charge in [-0.25, -0.2) is 0 Å². The number of carbonyl (C=O) groups is 1. The third-order valence-electron chi connectivity index (χ3n) is 4.46. The van der Waals surface area contributed by atoms with E-state index in [4.69, 9.17) is 5.73 Å². The van der Waals surface area contributed by atoms with Gasteiger partial charge in [0.1, 0.15) is 0 Å². The first-order valence-electron chi connectivity index (χ1n) is 7.43. The Labute approximate surface area is 121 Å². The highest BCUT2D eigenvalue weighted by Gasteiger charge is 2.28. The normalized spacial score (nSPS) is 20.9. The number of nitrogens with zero attached hydrogens (tertiary/aromatic N) is 1. The lowest BCUT2D eigenvalue weighted by Gasteiger charge is -2.24. The van der Waals surface area contributed by atoms with Crippen molar-refractivity contribution in [2.75, 3.05) is 24.1 Å². The molecule has 2 rings (SSSR count).